The number of nitrogens with zero attached hydrogens (tertiary/aromatic N) is 3. The normalized spacial score (nSPS) is 18.3. The summed E-state index contributed by atoms with van der Waals surface area (Å²) < 4.78 is 2.19. The first-order chi connectivity index (χ1) is 10.0. The molecule has 1 fully saturated rings. The molecule has 0 unspecified atom stereocenters. The number of nitrogens with one attached hydrogen (secondary N) is 1. The van der Waals surface area contributed by atoms with Crippen molar-refractivity contribution in [2.45, 2.75) is 12.5 Å². The van der Waals surface area contributed by atoms with Crippen LogP contribution in [0.2, 0.25) is 4.34 Å². The van der Waals surface area contributed by atoms with Gasteiger partial charge in [0.15, 0.2) is 0 Å². The van der Waals surface area contributed by atoms with Crippen LogP contribution in [0, 0.1) is 0 Å². The number of carbonyl (C=O) groups is 2. The van der Waals surface area contributed by atoms with Gasteiger partial charge in [-0.3, -0.25) is 14.3 Å². The summed E-state index contributed by atoms with van der Waals surface area (Å²) in [6.45, 7) is 0.570. The number of hydrogen-bond acceptors (Lipinski definition) is 4. The van der Waals surface area contributed by atoms with E-state index in [1.807, 2.05) is 0 Å². The molecule has 2 amide bonds. The molecule has 3 rings (SSSR count). The number of aryl methyl sites for hydroxylation is 1. The Bertz CT molecular complexity index is 696. The highest BCUT2D eigenvalue weighted by atomic mass is 35.5. The van der Waals surface area contributed by atoms with Crippen molar-refractivity contribution in [3.63, 3.8) is 0 Å². The van der Waals surface area contributed by atoms with E-state index in [0.29, 0.717) is 22.2 Å². The van der Waals surface area contributed by atoms with Crippen molar-refractivity contribution in [2.24, 2.45) is 7.05 Å². The Balaban J connectivity index is 1.68. The van der Waals surface area contributed by atoms with Crippen molar-refractivity contribution < 1.29 is 9.59 Å². The molecule has 21 heavy (non-hydrogen) atoms. The lowest BCUT2D eigenvalue weighted by atomic mass is 10.2. The van der Waals surface area contributed by atoms with Gasteiger partial charge in [-0.1, -0.05) is 11.6 Å². The highest BCUT2D eigenvalue weighted by Gasteiger charge is 2.34. The summed E-state index contributed by atoms with van der Waals surface area (Å²) in [5.41, 5.74) is 0.749. The summed E-state index contributed by atoms with van der Waals surface area (Å²) in [6, 6.07) is 2.82. The van der Waals surface area contributed by atoms with Crippen LogP contribution in [-0.2, 0) is 11.8 Å². The van der Waals surface area contributed by atoms with Gasteiger partial charge in [-0.2, -0.15) is 5.10 Å². The third-order valence-corrected chi connectivity index (χ3v) is 4.54. The summed E-state index contributed by atoms with van der Waals surface area (Å²) in [5.74, 6) is -0.378. The summed E-state index contributed by atoms with van der Waals surface area (Å²) in [7, 11) is 1.80. The Hall–Kier alpha value is -1.86. The summed E-state index contributed by atoms with van der Waals surface area (Å²) in [6.07, 6.45) is 4.00. The number of carbonyl (C=O) groups excluding carboxylic acids is 2. The molecule has 0 aliphatic carbocycles. The molecule has 1 aliphatic rings. The standard InChI is InChI=1S/C13H13ClN4O2S/c1-17-7-8(6-15-17)18-5-4-9(13(18)20)16-12(19)10-2-3-11(14)21-10/h2-3,6-7,9H,4-5H2,1H3,(H,16,19)/t9-/m1/s1. The first-order valence-electron chi connectivity index (χ1n) is 6.41. The van der Waals surface area contributed by atoms with Gasteiger partial charge in [0, 0.05) is 19.8 Å². The minimum absolute atomic E-state index is 0.112. The molecular weight excluding hydrogens is 312 g/mol. The molecule has 110 valence electrons. The summed E-state index contributed by atoms with van der Waals surface area (Å²) in [4.78, 5) is 26.5. The molecule has 8 heteroatoms. The third-order valence-electron chi connectivity index (χ3n) is 3.31. The minimum Gasteiger partial charge on any atom is -0.339 e. The van der Waals surface area contributed by atoms with Gasteiger partial charge in [0.1, 0.15) is 6.04 Å². The second kappa shape index (κ2) is 5.50. The number of aromatic nitrogens is 2. The SMILES string of the molecule is Cn1cc(N2CC[C@@H](NC(=O)c3ccc(Cl)s3)C2=O)cn1. The molecule has 0 radical (unpaired) electrons. The molecule has 0 saturated carbocycles. The van der Waals surface area contributed by atoms with E-state index in [0.717, 1.165) is 5.69 Å². The zero-order valence-electron chi connectivity index (χ0n) is 11.2. The highest BCUT2D eigenvalue weighted by molar-refractivity contribution is 7.18. The van der Waals surface area contributed by atoms with Crippen LogP contribution in [0.15, 0.2) is 24.5 Å². The van der Waals surface area contributed by atoms with Crippen LogP contribution in [0.1, 0.15) is 16.1 Å². The topological polar surface area (TPSA) is 67.2 Å². The van der Waals surface area contributed by atoms with E-state index >= 15 is 0 Å². The van der Waals surface area contributed by atoms with Crippen molar-refractivity contribution in [3.05, 3.63) is 33.7 Å². The first-order valence-corrected chi connectivity index (χ1v) is 7.60. The molecule has 2 aromatic rings. The summed E-state index contributed by atoms with van der Waals surface area (Å²) in [5, 5.41) is 6.81. The van der Waals surface area contributed by atoms with Crippen molar-refractivity contribution >= 4 is 40.4 Å². The summed E-state index contributed by atoms with van der Waals surface area (Å²) >= 11 is 7.01. The minimum atomic E-state index is -0.501. The number of anilines is 1. The van der Waals surface area contributed by atoms with E-state index < -0.39 is 6.04 Å². The van der Waals surface area contributed by atoms with Gasteiger partial charge >= 0.3 is 0 Å². The van der Waals surface area contributed by atoms with Crippen LogP contribution >= 0.6 is 22.9 Å². The maximum Gasteiger partial charge on any atom is 0.262 e. The van der Waals surface area contributed by atoms with Crippen LogP contribution in [0.25, 0.3) is 0 Å². The van der Waals surface area contributed by atoms with Gasteiger partial charge in [0.2, 0.25) is 5.91 Å². The molecule has 1 atom stereocenters. The number of rotatable bonds is 3. The molecule has 2 aromatic heterocycles. The van der Waals surface area contributed by atoms with E-state index in [9.17, 15) is 9.59 Å². The average Bonchev–Trinajstić information content (AvgIpc) is 3.13. The lowest BCUT2D eigenvalue weighted by molar-refractivity contribution is -0.118. The lowest BCUT2D eigenvalue weighted by Gasteiger charge is -2.14. The molecule has 0 bridgehead atoms. The fourth-order valence-corrected chi connectivity index (χ4v) is 3.23. The Morgan fingerprint density at radius 2 is 2.33 bits per heavy atom. The van der Waals surface area contributed by atoms with E-state index in [2.05, 4.69) is 10.4 Å². The molecule has 1 saturated heterocycles. The van der Waals surface area contributed by atoms with Gasteiger partial charge in [0.25, 0.3) is 5.91 Å². The monoisotopic (exact) mass is 324 g/mol. The van der Waals surface area contributed by atoms with Crippen LogP contribution < -0.4 is 10.2 Å². The molecule has 1 N–H and O–H groups in total. The zero-order chi connectivity index (χ0) is 15.0. The quantitative estimate of drug-likeness (QED) is 0.934. The van der Waals surface area contributed by atoms with Crippen molar-refractivity contribution in [1.82, 2.24) is 15.1 Å². The number of halogens is 1. The largest absolute Gasteiger partial charge is 0.339 e. The second-order valence-electron chi connectivity index (χ2n) is 4.78. The van der Waals surface area contributed by atoms with E-state index in [1.54, 1.807) is 41.2 Å². The number of hydrogen-bond donors (Lipinski definition) is 1. The maximum absolute atomic E-state index is 12.3. The third kappa shape index (κ3) is 2.79. The van der Waals surface area contributed by atoms with Gasteiger partial charge in [-0.05, 0) is 18.6 Å². The van der Waals surface area contributed by atoms with E-state index in [-0.39, 0.29) is 11.8 Å². The van der Waals surface area contributed by atoms with Crippen LogP contribution in [0.4, 0.5) is 5.69 Å². The van der Waals surface area contributed by atoms with Crippen molar-refractivity contribution in [2.75, 3.05) is 11.4 Å². The highest BCUT2D eigenvalue weighted by Crippen LogP contribution is 2.23. The fourth-order valence-electron chi connectivity index (χ4n) is 2.28. The molecule has 0 aromatic carbocycles. The van der Waals surface area contributed by atoms with E-state index in [4.69, 9.17) is 11.6 Å². The van der Waals surface area contributed by atoms with Crippen molar-refractivity contribution in [1.29, 1.82) is 0 Å². The number of thiophene rings is 1. The predicted molar refractivity (Wildman–Crippen MR) is 80.8 cm³/mol. The van der Waals surface area contributed by atoms with Gasteiger partial charge in [-0.25, -0.2) is 0 Å². The van der Waals surface area contributed by atoms with Crippen LogP contribution in [0.5, 0.6) is 0 Å². The Morgan fingerprint density at radius 1 is 1.52 bits per heavy atom. The van der Waals surface area contributed by atoms with Gasteiger partial charge in [0.05, 0.1) is 21.1 Å². The second-order valence-corrected chi connectivity index (χ2v) is 6.50. The number of amides is 2. The Labute approximate surface area is 130 Å². The molecule has 1 aliphatic heterocycles. The van der Waals surface area contributed by atoms with Crippen LogP contribution in [0.3, 0.4) is 0 Å². The zero-order valence-corrected chi connectivity index (χ0v) is 12.8. The lowest BCUT2D eigenvalue weighted by Crippen LogP contribution is -2.41. The average molecular weight is 325 g/mol. The van der Waals surface area contributed by atoms with Crippen LogP contribution in [-0.4, -0.2) is 34.2 Å². The first kappa shape index (κ1) is 14.1. The molecule has 0 spiro atoms. The van der Waals surface area contributed by atoms with Crippen molar-refractivity contribution in [3.8, 4) is 0 Å². The Morgan fingerprint density at radius 3 is 2.95 bits per heavy atom. The molecule has 3 heterocycles. The fraction of sp³-hybridized carbons (Fsp3) is 0.308. The van der Waals surface area contributed by atoms with Gasteiger partial charge in [-0.15, -0.1) is 11.3 Å². The Kier molecular flexibility index (Phi) is 3.69. The predicted octanol–water partition coefficient (Wildman–Crippen LogP) is 1.67. The molecule has 6 nitrogen and oxygen atoms in total. The molecular formula is C13H13ClN4O2S. The van der Waals surface area contributed by atoms with Gasteiger partial charge < -0.3 is 10.2 Å². The maximum atomic E-state index is 12.3. The smallest absolute Gasteiger partial charge is 0.262 e. The van der Waals surface area contributed by atoms with E-state index in [1.165, 1.54) is 11.3 Å².